The van der Waals surface area contributed by atoms with Gasteiger partial charge in [0.15, 0.2) is 0 Å². The second kappa shape index (κ2) is 6.00. The molecule has 2 nitrogen and oxygen atoms in total. The van der Waals surface area contributed by atoms with Crippen LogP contribution in [0.4, 0.5) is 11.4 Å². The van der Waals surface area contributed by atoms with E-state index in [1.165, 1.54) is 16.7 Å². The third kappa shape index (κ3) is 3.32. The smallest absolute Gasteiger partial charge is 0.0594 e. The minimum Gasteiger partial charge on any atom is -0.397 e. The molecule has 0 spiro atoms. The number of hydrogen-bond donors (Lipinski definition) is 1. The van der Waals surface area contributed by atoms with Crippen molar-refractivity contribution in [3.05, 3.63) is 59.2 Å². The Morgan fingerprint density at radius 3 is 2.05 bits per heavy atom. The van der Waals surface area contributed by atoms with E-state index in [2.05, 4.69) is 56.3 Å². The fourth-order valence-corrected chi connectivity index (χ4v) is 2.38. The molecule has 0 saturated heterocycles. The van der Waals surface area contributed by atoms with Crippen molar-refractivity contribution < 1.29 is 0 Å². The first-order valence-electron chi connectivity index (χ1n) is 7.12. The van der Waals surface area contributed by atoms with Gasteiger partial charge in [0, 0.05) is 14.1 Å². The number of nitrogen functional groups attached to an aromatic ring is 1. The van der Waals surface area contributed by atoms with Crippen molar-refractivity contribution in [2.24, 2.45) is 0 Å². The van der Waals surface area contributed by atoms with Crippen molar-refractivity contribution in [3.63, 3.8) is 0 Å². The molecule has 0 aliphatic carbocycles. The molecule has 2 rings (SSSR count). The second-order valence-electron chi connectivity index (χ2n) is 5.86. The van der Waals surface area contributed by atoms with Crippen LogP contribution in [0, 0.1) is 0 Å². The van der Waals surface area contributed by atoms with E-state index in [1.807, 2.05) is 19.0 Å². The average Bonchev–Trinajstić information content (AvgIpc) is 2.39. The monoisotopic (exact) mass is 268 g/mol. The minimum atomic E-state index is 0.582. The molecule has 0 aromatic heterocycles. The van der Waals surface area contributed by atoms with Gasteiger partial charge in [-0.15, -0.1) is 0 Å². The first-order valence-corrected chi connectivity index (χ1v) is 7.12. The lowest BCUT2D eigenvalue weighted by atomic mass is 9.98. The first kappa shape index (κ1) is 14.4. The van der Waals surface area contributed by atoms with Gasteiger partial charge in [-0.2, -0.15) is 0 Å². The lowest BCUT2D eigenvalue weighted by Gasteiger charge is -2.16. The Kier molecular flexibility index (Phi) is 4.33. The van der Waals surface area contributed by atoms with Crippen LogP contribution in [-0.2, 0) is 6.42 Å². The molecule has 2 aromatic carbocycles. The molecular weight excluding hydrogens is 244 g/mol. The Hall–Kier alpha value is -1.96. The average molecular weight is 268 g/mol. The molecule has 0 aliphatic rings. The van der Waals surface area contributed by atoms with E-state index < -0.39 is 0 Å². The van der Waals surface area contributed by atoms with Crippen LogP contribution in [0.3, 0.4) is 0 Å². The van der Waals surface area contributed by atoms with Gasteiger partial charge >= 0.3 is 0 Å². The summed E-state index contributed by atoms with van der Waals surface area (Å²) < 4.78 is 0. The van der Waals surface area contributed by atoms with Gasteiger partial charge in [0.05, 0.1) is 11.4 Å². The van der Waals surface area contributed by atoms with Gasteiger partial charge in [-0.05, 0) is 41.2 Å². The molecule has 0 bridgehead atoms. The minimum absolute atomic E-state index is 0.582. The topological polar surface area (TPSA) is 29.3 Å². The quantitative estimate of drug-likeness (QED) is 0.848. The third-order valence-electron chi connectivity index (χ3n) is 3.63. The van der Waals surface area contributed by atoms with Gasteiger partial charge in [0.25, 0.3) is 0 Å². The Morgan fingerprint density at radius 1 is 0.950 bits per heavy atom. The molecule has 2 heteroatoms. The number of nitrogens with two attached hydrogens (primary N) is 1. The van der Waals surface area contributed by atoms with Gasteiger partial charge in [-0.1, -0.05) is 44.2 Å². The van der Waals surface area contributed by atoms with Gasteiger partial charge in [0.1, 0.15) is 0 Å². The largest absolute Gasteiger partial charge is 0.397 e. The van der Waals surface area contributed by atoms with Crippen LogP contribution in [0.15, 0.2) is 42.5 Å². The molecule has 0 radical (unpaired) electrons. The lowest BCUT2D eigenvalue weighted by Crippen LogP contribution is -2.11. The fraction of sp³-hybridized carbons (Fsp3) is 0.333. The molecule has 20 heavy (non-hydrogen) atoms. The van der Waals surface area contributed by atoms with Crippen LogP contribution in [0.5, 0.6) is 0 Å². The van der Waals surface area contributed by atoms with Gasteiger partial charge < -0.3 is 10.6 Å². The summed E-state index contributed by atoms with van der Waals surface area (Å²) in [6.45, 7) is 4.44. The summed E-state index contributed by atoms with van der Waals surface area (Å²) in [6.07, 6.45) is 0.927. The van der Waals surface area contributed by atoms with E-state index in [0.29, 0.717) is 5.92 Å². The highest BCUT2D eigenvalue weighted by Crippen LogP contribution is 2.24. The van der Waals surface area contributed by atoms with Gasteiger partial charge in [-0.25, -0.2) is 0 Å². The summed E-state index contributed by atoms with van der Waals surface area (Å²) in [6, 6.07) is 15.2. The van der Waals surface area contributed by atoms with E-state index in [4.69, 9.17) is 5.73 Å². The lowest BCUT2D eigenvalue weighted by molar-refractivity contribution is 0.865. The zero-order chi connectivity index (χ0) is 14.7. The van der Waals surface area contributed by atoms with Crippen molar-refractivity contribution in [2.45, 2.75) is 26.2 Å². The Balaban J connectivity index is 2.15. The number of benzene rings is 2. The van der Waals surface area contributed by atoms with E-state index in [9.17, 15) is 0 Å². The molecule has 2 N–H and O–H groups in total. The van der Waals surface area contributed by atoms with Crippen LogP contribution in [0.1, 0.15) is 36.5 Å². The van der Waals surface area contributed by atoms with Crippen molar-refractivity contribution in [1.29, 1.82) is 0 Å². The zero-order valence-electron chi connectivity index (χ0n) is 12.9. The van der Waals surface area contributed by atoms with Crippen LogP contribution >= 0.6 is 0 Å². The van der Waals surface area contributed by atoms with E-state index in [1.54, 1.807) is 0 Å². The van der Waals surface area contributed by atoms with Crippen molar-refractivity contribution >= 4 is 11.4 Å². The normalized spacial score (nSPS) is 10.8. The van der Waals surface area contributed by atoms with Crippen LogP contribution < -0.4 is 10.6 Å². The van der Waals surface area contributed by atoms with Crippen LogP contribution in [0.2, 0.25) is 0 Å². The molecule has 2 aromatic rings. The molecule has 106 valence electrons. The highest BCUT2D eigenvalue weighted by atomic mass is 15.1. The molecule has 0 amide bonds. The number of rotatable bonds is 4. The maximum Gasteiger partial charge on any atom is 0.0594 e. The summed E-state index contributed by atoms with van der Waals surface area (Å²) in [5, 5.41) is 0. The number of anilines is 2. The Labute approximate surface area is 122 Å². The summed E-state index contributed by atoms with van der Waals surface area (Å²) in [7, 11) is 4.02. The van der Waals surface area contributed by atoms with Crippen LogP contribution in [-0.4, -0.2) is 14.1 Å². The third-order valence-corrected chi connectivity index (χ3v) is 3.63. The molecule has 0 aliphatic heterocycles. The summed E-state index contributed by atoms with van der Waals surface area (Å²) in [4.78, 5) is 2.04. The van der Waals surface area contributed by atoms with Gasteiger partial charge in [0.2, 0.25) is 0 Å². The highest BCUT2D eigenvalue weighted by molar-refractivity contribution is 5.68. The summed E-state index contributed by atoms with van der Waals surface area (Å²) in [5.41, 5.74) is 12.0. The second-order valence-corrected chi connectivity index (χ2v) is 5.86. The predicted octanol–water partition coefficient (Wildman–Crippen LogP) is 4.05. The Bertz CT molecular complexity index is 568. The molecule has 0 heterocycles. The molecule has 0 saturated carbocycles. The van der Waals surface area contributed by atoms with Crippen LogP contribution in [0.25, 0.3) is 0 Å². The van der Waals surface area contributed by atoms with Crippen molar-refractivity contribution in [3.8, 4) is 0 Å². The Morgan fingerprint density at radius 2 is 1.55 bits per heavy atom. The number of nitrogens with zero attached hydrogens (tertiary/aromatic N) is 1. The summed E-state index contributed by atoms with van der Waals surface area (Å²) >= 11 is 0. The van der Waals surface area contributed by atoms with E-state index >= 15 is 0 Å². The van der Waals surface area contributed by atoms with Crippen molar-refractivity contribution in [2.75, 3.05) is 24.7 Å². The standard InChI is InChI=1S/C18H24N2/c1-13(2)16-8-5-14(6-9-16)11-15-7-10-18(20(3)4)17(19)12-15/h5-10,12-13H,11,19H2,1-4H3. The first-order chi connectivity index (χ1) is 9.47. The zero-order valence-corrected chi connectivity index (χ0v) is 12.9. The van der Waals surface area contributed by atoms with E-state index in [-0.39, 0.29) is 0 Å². The molecule has 0 atom stereocenters. The maximum absolute atomic E-state index is 6.10. The van der Waals surface area contributed by atoms with Gasteiger partial charge in [-0.3, -0.25) is 0 Å². The fourth-order valence-electron chi connectivity index (χ4n) is 2.38. The maximum atomic E-state index is 6.10. The molecular formula is C18H24N2. The van der Waals surface area contributed by atoms with Crippen molar-refractivity contribution in [1.82, 2.24) is 0 Å². The SMILES string of the molecule is CC(C)c1ccc(Cc2ccc(N(C)C)c(N)c2)cc1. The summed E-state index contributed by atoms with van der Waals surface area (Å²) in [5.74, 6) is 0.582. The number of hydrogen-bond acceptors (Lipinski definition) is 2. The highest BCUT2D eigenvalue weighted by Gasteiger charge is 2.04. The molecule has 0 fully saturated rings. The molecule has 0 unspecified atom stereocenters. The van der Waals surface area contributed by atoms with E-state index in [0.717, 1.165) is 17.8 Å². The predicted molar refractivity (Wildman–Crippen MR) is 88.5 cm³/mol.